The molecule has 0 rings (SSSR count). The summed E-state index contributed by atoms with van der Waals surface area (Å²) in [5.41, 5.74) is 0. The lowest BCUT2D eigenvalue weighted by Gasteiger charge is -2.06. The van der Waals surface area contributed by atoms with Crippen LogP contribution in [0.4, 0.5) is 0 Å². The van der Waals surface area contributed by atoms with Crippen molar-refractivity contribution in [2.75, 3.05) is 20.0 Å². The summed E-state index contributed by atoms with van der Waals surface area (Å²) in [7, 11) is -2.96. The molecule has 2 atom stereocenters. The number of unbranched alkanes of at least 4 members (excludes halogenated alkanes) is 1. The molecule has 0 aliphatic heterocycles. The normalized spacial score (nSPS) is 13.9. The van der Waals surface area contributed by atoms with Crippen LogP contribution in [0, 0.1) is 0 Å². The minimum atomic E-state index is -2.96. The minimum Gasteiger partial charge on any atom is -0.394 e. The van der Waals surface area contributed by atoms with E-state index in [0.29, 0.717) is 0 Å². The van der Waals surface area contributed by atoms with Gasteiger partial charge in [-0.05, 0) is 0 Å². The van der Waals surface area contributed by atoms with E-state index in [9.17, 15) is 4.57 Å². The molecular formula is C8H21O6P. The van der Waals surface area contributed by atoms with Crippen LogP contribution in [0.25, 0.3) is 0 Å². The Balaban J connectivity index is 0. The van der Waals surface area contributed by atoms with Crippen LogP contribution in [0.5, 0.6) is 0 Å². The monoisotopic (exact) mass is 244 g/mol. The lowest BCUT2D eigenvalue weighted by molar-refractivity contribution is -0.0440. The second kappa shape index (κ2) is 14.0. The Morgan fingerprint density at radius 3 is 2.20 bits per heavy atom. The first-order valence-electron chi connectivity index (χ1n) is 4.80. The zero-order valence-electron chi connectivity index (χ0n) is 9.18. The van der Waals surface area contributed by atoms with Crippen molar-refractivity contribution in [1.82, 2.24) is 0 Å². The predicted octanol–water partition coefficient (Wildman–Crippen LogP) is 0.519. The fraction of sp³-hybridized carbons (Fsp3) is 1.00. The molecule has 0 bridgehead atoms. The van der Waals surface area contributed by atoms with Gasteiger partial charge < -0.3 is 19.8 Å². The standard InChI is InChI=1S/C4H11O6P.C4H10/c5-1-4(6)2-9-3-10-11(7)8;1-3-4-2/h4-6,11H,1-3H2,(H,7,8);3-4H2,1-2H3. The third-order valence-corrected chi connectivity index (χ3v) is 1.65. The van der Waals surface area contributed by atoms with Gasteiger partial charge in [0.15, 0.2) is 6.79 Å². The Kier molecular flexibility index (Phi) is 16.3. The molecule has 0 saturated carbocycles. The van der Waals surface area contributed by atoms with Crippen molar-refractivity contribution in [3.8, 4) is 0 Å². The highest BCUT2D eigenvalue weighted by atomic mass is 31.1. The summed E-state index contributed by atoms with van der Waals surface area (Å²) in [6, 6.07) is 0. The predicted molar refractivity (Wildman–Crippen MR) is 56.8 cm³/mol. The second-order valence-electron chi connectivity index (χ2n) is 2.74. The van der Waals surface area contributed by atoms with Crippen molar-refractivity contribution in [2.45, 2.75) is 32.8 Å². The van der Waals surface area contributed by atoms with E-state index < -0.39 is 21.0 Å². The molecule has 7 heteroatoms. The van der Waals surface area contributed by atoms with Gasteiger partial charge in [0.05, 0.1) is 13.2 Å². The van der Waals surface area contributed by atoms with E-state index in [-0.39, 0.29) is 13.4 Å². The number of hydrogen-bond donors (Lipinski definition) is 3. The van der Waals surface area contributed by atoms with E-state index in [1.807, 2.05) is 0 Å². The number of ether oxygens (including phenoxy) is 1. The maximum atomic E-state index is 9.88. The number of aliphatic hydroxyl groups is 2. The topological polar surface area (TPSA) is 96.2 Å². The van der Waals surface area contributed by atoms with Crippen LogP contribution in [-0.4, -0.2) is 41.2 Å². The van der Waals surface area contributed by atoms with Crippen LogP contribution in [0.15, 0.2) is 0 Å². The Morgan fingerprint density at radius 2 is 1.87 bits per heavy atom. The highest BCUT2D eigenvalue weighted by Gasteiger charge is 2.01. The first-order chi connectivity index (χ1) is 7.08. The molecule has 0 radical (unpaired) electrons. The second-order valence-corrected chi connectivity index (χ2v) is 3.56. The highest BCUT2D eigenvalue weighted by Crippen LogP contribution is 2.13. The summed E-state index contributed by atoms with van der Waals surface area (Å²) in [4.78, 5) is 8.11. The average Bonchev–Trinajstić information content (AvgIpc) is 2.24. The molecule has 0 aromatic carbocycles. The van der Waals surface area contributed by atoms with E-state index in [1.165, 1.54) is 12.8 Å². The van der Waals surface area contributed by atoms with Gasteiger partial charge in [-0.1, -0.05) is 26.7 Å². The van der Waals surface area contributed by atoms with Crippen LogP contribution in [0.2, 0.25) is 0 Å². The summed E-state index contributed by atoms with van der Waals surface area (Å²) < 4.78 is 18.5. The van der Waals surface area contributed by atoms with Crippen molar-refractivity contribution in [1.29, 1.82) is 0 Å². The van der Waals surface area contributed by atoms with Crippen LogP contribution < -0.4 is 0 Å². The van der Waals surface area contributed by atoms with E-state index in [4.69, 9.17) is 15.1 Å². The van der Waals surface area contributed by atoms with Gasteiger partial charge in [0.25, 0.3) is 0 Å². The number of rotatable bonds is 7. The van der Waals surface area contributed by atoms with Gasteiger partial charge in [0, 0.05) is 0 Å². The molecule has 0 heterocycles. The van der Waals surface area contributed by atoms with Gasteiger partial charge in [-0.25, -0.2) is 0 Å². The summed E-state index contributed by atoms with van der Waals surface area (Å²) in [6.45, 7) is 3.48. The Morgan fingerprint density at radius 1 is 1.33 bits per heavy atom. The molecule has 15 heavy (non-hydrogen) atoms. The lowest BCUT2D eigenvalue weighted by Crippen LogP contribution is -2.19. The van der Waals surface area contributed by atoms with E-state index in [1.54, 1.807) is 0 Å². The summed E-state index contributed by atoms with van der Waals surface area (Å²) in [5, 5.41) is 16.9. The first-order valence-corrected chi connectivity index (χ1v) is 6.07. The van der Waals surface area contributed by atoms with Crippen molar-refractivity contribution in [2.24, 2.45) is 0 Å². The van der Waals surface area contributed by atoms with Crippen molar-refractivity contribution in [3.63, 3.8) is 0 Å². The van der Waals surface area contributed by atoms with Crippen molar-refractivity contribution in [3.05, 3.63) is 0 Å². The molecule has 0 amide bonds. The molecule has 6 nitrogen and oxygen atoms in total. The minimum absolute atomic E-state index is 0.119. The third-order valence-electron chi connectivity index (χ3n) is 1.29. The van der Waals surface area contributed by atoms with Crippen molar-refractivity contribution >= 4 is 8.25 Å². The molecule has 0 fully saturated rings. The fourth-order valence-corrected chi connectivity index (χ4v) is 0.513. The zero-order valence-corrected chi connectivity index (χ0v) is 10.2. The van der Waals surface area contributed by atoms with E-state index in [0.717, 1.165) is 0 Å². The summed E-state index contributed by atoms with van der Waals surface area (Å²) >= 11 is 0. The SMILES string of the molecule is CCCC.O=[PH](O)OCOCC(O)CO. The summed E-state index contributed by atoms with van der Waals surface area (Å²) in [5.74, 6) is 0. The van der Waals surface area contributed by atoms with Crippen LogP contribution in [0.1, 0.15) is 26.7 Å². The smallest absolute Gasteiger partial charge is 0.318 e. The number of hydrogen-bond acceptors (Lipinski definition) is 5. The molecule has 0 aromatic heterocycles. The molecule has 94 valence electrons. The van der Waals surface area contributed by atoms with Gasteiger partial charge in [0.2, 0.25) is 0 Å². The van der Waals surface area contributed by atoms with Gasteiger partial charge in [-0.15, -0.1) is 0 Å². The van der Waals surface area contributed by atoms with E-state index in [2.05, 4.69) is 23.1 Å². The summed E-state index contributed by atoms with van der Waals surface area (Å²) in [6.07, 6.45) is 1.67. The Bertz CT molecular complexity index is 141. The van der Waals surface area contributed by atoms with Gasteiger partial charge in [-0.3, -0.25) is 9.09 Å². The molecular weight excluding hydrogens is 223 g/mol. The number of aliphatic hydroxyl groups excluding tert-OH is 2. The third kappa shape index (κ3) is 20.2. The van der Waals surface area contributed by atoms with Crippen molar-refractivity contribution < 1.29 is 28.9 Å². The van der Waals surface area contributed by atoms with Gasteiger partial charge >= 0.3 is 8.25 Å². The molecule has 0 aliphatic carbocycles. The molecule has 0 aromatic rings. The van der Waals surface area contributed by atoms with E-state index >= 15 is 0 Å². The first kappa shape index (κ1) is 17.4. The Hall–Kier alpha value is 0.0300. The quantitative estimate of drug-likeness (QED) is 0.343. The highest BCUT2D eigenvalue weighted by molar-refractivity contribution is 7.32. The maximum absolute atomic E-state index is 9.88. The fourth-order valence-electron chi connectivity index (χ4n) is 0.329. The van der Waals surface area contributed by atoms with Crippen LogP contribution in [0.3, 0.4) is 0 Å². The lowest BCUT2D eigenvalue weighted by atomic mass is 10.4. The Labute approximate surface area is 90.8 Å². The van der Waals surface area contributed by atoms with Crippen LogP contribution >= 0.6 is 8.25 Å². The van der Waals surface area contributed by atoms with Gasteiger partial charge in [-0.2, -0.15) is 0 Å². The van der Waals surface area contributed by atoms with Crippen LogP contribution in [-0.2, 0) is 13.8 Å². The molecule has 0 spiro atoms. The average molecular weight is 244 g/mol. The molecule has 0 saturated heterocycles. The molecule has 3 N–H and O–H groups in total. The maximum Gasteiger partial charge on any atom is 0.318 e. The zero-order chi connectivity index (χ0) is 12.1. The largest absolute Gasteiger partial charge is 0.394 e. The molecule has 0 aliphatic rings. The van der Waals surface area contributed by atoms with Gasteiger partial charge in [0.1, 0.15) is 6.10 Å². The molecule has 2 unspecified atom stereocenters.